The normalized spacial score (nSPS) is 11.3. The van der Waals surface area contributed by atoms with Crippen LogP contribution in [0.3, 0.4) is 0 Å². The zero-order chi connectivity index (χ0) is 20.6. The smallest absolute Gasteiger partial charge is 0.341 e. The summed E-state index contributed by atoms with van der Waals surface area (Å²) in [7, 11) is 3.34. The molecular weight excluding hydrogens is 356 g/mol. The van der Waals surface area contributed by atoms with Gasteiger partial charge in [-0.2, -0.15) is 0 Å². The van der Waals surface area contributed by atoms with E-state index in [-0.39, 0.29) is 17.2 Å². The molecule has 0 radical (unpaired) electrons. The van der Waals surface area contributed by atoms with Crippen LogP contribution in [0.2, 0.25) is 0 Å². The third kappa shape index (κ3) is 6.57. The van der Waals surface area contributed by atoms with Gasteiger partial charge in [0.2, 0.25) is 5.91 Å². The average Bonchev–Trinajstić information content (AvgIpc) is 2.63. The molecule has 2 amide bonds. The molecule has 1 aromatic rings. The number of hydrogen-bond donors (Lipinski definition) is 2. The van der Waals surface area contributed by atoms with Gasteiger partial charge in [-0.05, 0) is 19.4 Å². The molecule has 0 aromatic heterocycles. The van der Waals surface area contributed by atoms with Crippen molar-refractivity contribution in [3.63, 3.8) is 0 Å². The number of benzene rings is 1. The zero-order valence-corrected chi connectivity index (χ0v) is 15.8. The summed E-state index contributed by atoms with van der Waals surface area (Å²) >= 11 is 0. The summed E-state index contributed by atoms with van der Waals surface area (Å²) < 4.78 is 4.95. The van der Waals surface area contributed by atoms with Gasteiger partial charge in [0, 0.05) is 32.8 Å². The number of non-ortho nitro benzene ring substituents is 1. The molecule has 1 atom stereocenters. The third-order valence-corrected chi connectivity index (χ3v) is 3.55. The topological polar surface area (TPSA) is 131 Å². The predicted molar refractivity (Wildman–Crippen MR) is 98.6 cm³/mol. The Balaban J connectivity index is 2.73. The second-order valence-electron chi connectivity index (χ2n) is 6.01. The number of carbonyl (C=O) groups excluding carboxylic acids is 3. The summed E-state index contributed by atoms with van der Waals surface area (Å²) in [6.45, 7) is 3.29. The van der Waals surface area contributed by atoms with Gasteiger partial charge in [-0.3, -0.25) is 19.7 Å². The van der Waals surface area contributed by atoms with Crippen LogP contribution in [0.15, 0.2) is 18.2 Å². The van der Waals surface area contributed by atoms with E-state index >= 15 is 0 Å². The first-order valence-electron chi connectivity index (χ1n) is 8.37. The number of carbonyl (C=O) groups is 3. The fourth-order valence-corrected chi connectivity index (χ4v) is 2.15. The van der Waals surface area contributed by atoms with Crippen molar-refractivity contribution in [3.8, 4) is 0 Å². The lowest BCUT2D eigenvalue weighted by Gasteiger charge is -2.17. The zero-order valence-electron chi connectivity index (χ0n) is 15.8. The molecule has 0 saturated heterocycles. The Kier molecular flexibility index (Phi) is 8.18. The summed E-state index contributed by atoms with van der Waals surface area (Å²) in [5.74, 6) is -1.87. The highest BCUT2D eigenvalue weighted by molar-refractivity contribution is 5.98. The number of rotatable bonds is 9. The maximum absolute atomic E-state index is 12.3. The molecule has 0 aliphatic heterocycles. The minimum atomic E-state index is -0.874. The summed E-state index contributed by atoms with van der Waals surface area (Å²) in [6.07, 6.45) is 0.765. The van der Waals surface area contributed by atoms with Crippen molar-refractivity contribution < 1.29 is 24.0 Å². The first-order valence-corrected chi connectivity index (χ1v) is 8.37. The molecule has 27 heavy (non-hydrogen) atoms. The van der Waals surface area contributed by atoms with Crippen LogP contribution in [0.4, 0.5) is 11.4 Å². The van der Waals surface area contributed by atoms with Crippen LogP contribution in [-0.4, -0.2) is 56.0 Å². The lowest BCUT2D eigenvalue weighted by molar-refractivity contribution is -0.384. The van der Waals surface area contributed by atoms with Crippen molar-refractivity contribution in [1.82, 2.24) is 10.6 Å². The standard InChI is InChI=1S/C17H24N4O6/c1-5-8-18-16(23)11(2)19-15(22)10-27-17(24)13-9-12(21(25)26)6-7-14(13)20(3)4/h6-7,9,11H,5,8,10H2,1-4H3,(H,18,23)(H,19,22)/t11-/m1/s1. The van der Waals surface area contributed by atoms with E-state index in [2.05, 4.69) is 10.6 Å². The Bertz CT molecular complexity index is 719. The van der Waals surface area contributed by atoms with Gasteiger partial charge in [-0.1, -0.05) is 6.92 Å². The van der Waals surface area contributed by atoms with E-state index in [9.17, 15) is 24.5 Å². The molecule has 10 heteroatoms. The molecular formula is C17H24N4O6. The Morgan fingerprint density at radius 1 is 1.30 bits per heavy atom. The minimum absolute atomic E-state index is 0.0317. The molecule has 0 unspecified atom stereocenters. The molecule has 10 nitrogen and oxygen atoms in total. The van der Waals surface area contributed by atoms with E-state index < -0.39 is 29.4 Å². The highest BCUT2D eigenvalue weighted by atomic mass is 16.6. The number of ether oxygens (including phenoxy) is 1. The quantitative estimate of drug-likeness (QED) is 0.369. The van der Waals surface area contributed by atoms with Crippen LogP contribution in [0, 0.1) is 10.1 Å². The van der Waals surface area contributed by atoms with Crippen molar-refractivity contribution in [2.75, 3.05) is 32.1 Å². The molecule has 0 fully saturated rings. The second-order valence-corrected chi connectivity index (χ2v) is 6.01. The Morgan fingerprint density at radius 2 is 1.96 bits per heavy atom. The van der Waals surface area contributed by atoms with E-state index in [0.717, 1.165) is 12.5 Å². The largest absolute Gasteiger partial charge is 0.452 e. The number of hydrogen-bond acceptors (Lipinski definition) is 7. The van der Waals surface area contributed by atoms with Crippen molar-refractivity contribution >= 4 is 29.2 Å². The molecule has 0 heterocycles. The van der Waals surface area contributed by atoms with Gasteiger partial charge >= 0.3 is 5.97 Å². The molecule has 1 rings (SSSR count). The Morgan fingerprint density at radius 3 is 2.52 bits per heavy atom. The van der Waals surface area contributed by atoms with Gasteiger partial charge in [0.25, 0.3) is 11.6 Å². The molecule has 2 N–H and O–H groups in total. The number of amides is 2. The molecule has 0 spiro atoms. The molecule has 148 valence electrons. The summed E-state index contributed by atoms with van der Waals surface area (Å²) in [5.41, 5.74) is 0.118. The monoisotopic (exact) mass is 380 g/mol. The van der Waals surface area contributed by atoms with Gasteiger partial charge in [-0.25, -0.2) is 4.79 Å². The van der Waals surface area contributed by atoms with Crippen molar-refractivity contribution in [1.29, 1.82) is 0 Å². The fourth-order valence-electron chi connectivity index (χ4n) is 2.15. The summed E-state index contributed by atoms with van der Waals surface area (Å²) in [6, 6.07) is 3.01. The van der Waals surface area contributed by atoms with Crippen LogP contribution in [-0.2, 0) is 14.3 Å². The molecule has 0 aliphatic carbocycles. The van der Waals surface area contributed by atoms with Gasteiger partial charge in [0.05, 0.1) is 16.2 Å². The number of esters is 1. The first kappa shape index (κ1) is 21.9. The molecule has 0 saturated carbocycles. The van der Waals surface area contributed by atoms with Crippen molar-refractivity contribution in [2.45, 2.75) is 26.3 Å². The van der Waals surface area contributed by atoms with Crippen LogP contribution in [0.5, 0.6) is 0 Å². The summed E-state index contributed by atoms with van der Waals surface area (Å²) in [4.78, 5) is 47.8. The van der Waals surface area contributed by atoms with E-state index in [4.69, 9.17) is 4.74 Å². The van der Waals surface area contributed by atoms with Crippen molar-refractivity contribution in [2.24, 2.45) is 0 Å². The van der Waals surface area contributed by atoms with Crippen LogP contribution in [0.1, 0.15) is 30.6 Å². The van der Waals surface area contributed by atoms with Gasteiger partial charge in [0.15, 0.2) is 6.61 Å². The van der Waals surface area contributed by atoms with E-state index in [1.807, 2.05) is 6.92 Å². The third-order valence-electron chi connectivity index (χ3n) is 3.55. The number of anilines is 1. The number of nitro benzene ring substituents is 1. The summed E-state index contributed by atoms with van der Waals surface area (Å²) in [5, 5.41) is 16.0. The maximum atomic E-state index is 12.3. The maximum Gasteiger partial charge on any atom is 0.341 e. The lowest BCUT2D eigenvalue weighted by atomic mass is 10.1. The van der Waals surface area contributed by atoms with Crippen LogP contribution >= 0.6 is 0 Å². The van der Waals surface area contributed by atoms with Gasteiger partial charge < -0.3 is 20.3 Å². The number of nitro groups is 1. The lowest BCUT2D eigenvalue weighted by Crippen LogP contribution is -2.46. The number of nitrogens with one attached hydrogen (secondary N) is 2. The molecule has 0 aliphatic rings. The van der Waals surface area contributed by atoms with Crippen LogP contribution < -0.4 is 15.5 Å². The fraction of sp³-hybridized carbons (Fsp3) is 0.471. The van der Waals surface area contributed by atoms with Crippen LogP contribution in [0.25, 0.3) is 0 Å². The van der Waals surface area contributed by atoms with E-state index in [0.29, 0.717) is 12.2 Å². The van der Waals surface area contributed by atoms with Gasteiger partial charge in [-0.15, -0.1) is 0 Å². The average molecular weight is 380 g/mol. The molecule has 0 bridgehead atoms. The van der Waals surface area contributed by atoms with E-state index in [1.165, 1.54) is 19.1 Å². The predicted octanol–water partition coefficient (Wildman–Crippen LogP) is 0.849. The minimum Gasteiger partial charge on any atom is -0.452 e. The number of nitrogens with zero attached hydrogens (tertiary/aromatic N) is 2. The Labute approximate surface area is 157 Å². The SMILES string of the molecule is CCCNC(=O)[C@@H](C)NC(=O)COC(=O)c1cc([N+](=O)[O-])ccc1N(C)C. The van der Waals surface area contributed by atoms with Crippen molar-refractivity contribution in [3.05, 3.63) is 33.9 Å². The van der Waals surface area contributed by atoms with E-state index in [1.54, 1.807) is 19.0 Å². The Hall–Kier alpha value is -3.17. The second kappa shape index (κ2) is 10.1. The van der Waals surface area contributed by atoms with Gasteiger partial charge in [0.1, 0.15) is 6.04 Å². The highest BCUT2D eigenvalue weighted by Gasteiger charge is 2.21. The highest BCUT2D eigenvalue weighted by Crippen LogP contribution is 2.24. The molecule has 1 aromatic carbocycles. The first-order chi connectivity index (χ1) is 12.7.